The molecule has 0 bridgehead atoms. The second-order valence-corrected chi connectivity index (χ2v) is 10.4. The third kappa shape index (κ3) is 5.99. The van der Waals surface area contributed by atoms with Crippen LogP contribution in [0.25, 0.3) is 0 Å². The Morgan fingerprint density at radius 3 is 2.53 bits per heavy atom. The van der Waals surface area contributed by atoms with Crippen LogP contribution in [0.4, 0.5) is 11.4 Å². The van der Waals surface area contributed by atoms with Crippen molar-refractivity contribution in [1.82, 2.24) is 4.31 Å². The first-order valence-electron chi connectivity index (χ1n) is 10.6. The minimum atomic E-state index is -3.83. The summed E-state index contributed by atoms with van der Waals surface area (Å²) in [7, 11) is -3.83. The zero-order chi connectivity index (χ0) is 24.9. The van der Waals surface area contributed by atoms with Crippen LogP contribution in [0.1, 0.15) is 30.1 Å². The molecule has 10 nitrogen and oxygen atoms in total. The lowest BCUT2D eigenvalue weighted by atomic mass is 9.98. The summed E-state index contributed by atoms with van der Waals surface area (Å²) in [6, 6.07) is 9.93. The number of carbonyl (C=O) groups excluding carboxylic acids is 2. The van der Waals surface area contributed by atoms with Gasteiger partial charge in [0.15, 0.2) is 5.78 Å². The Labute approximate surface area is 205 Å². The molecule has 0 radical (unpaired) electrons. The molecule has 3 rings (SSSR count). The monoisotopic (exact) mass is 553 g/mol. The standard InChI is InChI=1S/C22H24BrN3O7S/c1-2-33-22(28)15-8-10-25(11-9-15)34(31,32)18-5-3-4-16(12-18)21(27)14-24-20-7-6-17(26(29)30)13-19(20)23/h3-7,12-13,15,24H,2,8-11,14H2,1H3. The molecule has 1 saturated heterocycles. The number of sulfonamides is 1. The number of nitrogens with one attached hydrogen (secondary N) is 1. The molecular formula is C22H24BrN3O7S. The molecule has 1 aliphatic rings. The number of esters is 1. The predicted molar refractivity (Wildman–Crippen MR) is 128 cm³/mol. The second-order valence-electron chi connectivity index (χ2n) is 7.66. The number of rotatable bonds is 9. The number of nitrogens with zero attached hydrogens (tertiary/aromatic N) is 2. The number of nitro benzene ring substituents is 1. The van der Waals surface area contributed by atoms with Crippen molar-refractivity contribution < 1.29 is 27.7 Å². The second kappa shape index (κ2) is 11.1. The molecule has 0 aromatic heterocycles. The Kier molecular flexibility index (Phi) is 8.39. The summed E-state index contributed by atoms with van der Waals surface area (Å²) in [5.74, 6) is -0.966. The van der Waals surface area contributed by atoms with Crippen LogP contribution in [0.3, 0.4) is 0 Å². The highest BCUT2D eigenvalue weighted by Gasteiger charge is 2.33. The maximum atomic E-state index is 13.1. The summed E-state index contributed by atoms with van der Waals surface area (Å²) in [6.07, 6.45) is 0.759. The lowest BCUT2D eigenvalue weighted by Gasteiger charge is -2.30. The van der Waals surface area contributed by atoms with E-state index in [1.54, 1.807) is 6.92 Å². The van der Waals surface area contributed by atoms with Crippen molar-refractivity contribution in [1.29, 1.82) is 0 Å². The van der Waals surface area contributed by atoms with Gasteiger partial charge in [-0.2, -0.15) is 4.31 Å². The molecule has 34 heavy (non-hydrogen) atoms. The van der Waals surface area contributed by atoms with Gasteiger partial charge in [0.1, 0.15) is 0 Å². The van der Waals surface area contributed by atoms with Crippen molar-refractivity contribution in [3.8, 4) is 0 Å². The Hall–Kier alpha value is -2.83. The van der Waals surface area contributed by atoms with E-state index in [1.807, 2.05) is 0 Å². The molecule has 0 spiro atoms. The van der Waals surface area contributed by atoms with Crippen molar-refractivity contribution in [2.75, 3.05) is 31.6 Å². The fourth-order valence-corrected chi connectivity index (χ4v) is 5.63. The predicted octanol–water partition coefficient (Wildman–Crippen LogP) is 3.62. The zero-order valence-corrected chi connectivity index (χ0v) is 20.8. The summed E-state index contributed by atoms with van der Waals surface area (Å²) in [5.41, 5.74) is 0.619. The average molecular weight is 554 g/mol. The molecule has 1 heterocycles. The largest absolute Gasteiger partial charge is 0.466 e. The van der Waals surface area contributed by atoms with Gasteiger partial charge in [0, 0.05) is 40.9 Å². The maximum absolute atomic E-state index is 13.1. The number of carbonyl (C=O) groups is 2. The quantitative estimate of drug-likeness (QED) is 0.215. The molecule has 2 aromatic carbocycles. The van der Waals surface area contributed by atoms with Gasteiger partial charge in [-0.15, -0.1) is 0 Å². The van der Waals surface area contributed by atoms with Gasteiger partial charge in [0.05, 0.1) is 28.9 Å². The summed E-state index contributed by atoms with van der Waals surface area (Å²) in [5, 5.41) is 13.8. The van der Waals surface area contributed by atoms with Crippen LogP contribution >= 0.6 is 15.9 Å². The van der Waals surface area contributed by atoms with Crippen LogP contribution in [-0.4, -0.2) is 55.6 Å². The molecular weight excluding hydrogens is 530 g/mol. The van der Waals surface area contributed by atoms with Crippen molar-refractivity contribution >= 4 is 49.1 Å². The average Bonchev–Trinajstić information content (AvgIpc) is 2.83. The number of benzene rings is 2. The van der Waals surface area contributed by atoms with Crippen molar-refractivity contribution in [2.24, 2.45) is 5.92 Å². The number of halogens is 1. The van der Waals surface area contributed by atoms with Gasteiger partial charge in [-0.25, -0.2) is 8.42 Å². The van der Waals surface area contributed by atoms with Crippen LogP contribution in [0.15, 0.2) is 51.8 Å². The lowest BCUT2D eigenvalue weighted by Crippen LogP contribution is -2.40. The number of piperidine rings is 1. The van der Waals surface area contributed by atoms with Gasteiger partial charge in [-0.05, 0) is 53.9 Å². The first-order chi connectivity index (χ1) is 16.1. The van der Waals surface area contributed by atoms with Crippen molar-refractivity contribution in [3.63, 3.8) is 0 Å². The van der Waals surface area contributed by atoms with Crippen molar-refractivity contribution in [2.45, 2.75) is 24.7 Å². The molecule has 2 aromatic rings. The third-order valence-electron chi connectivity index (χ3n) is 5.47. The first kappa shape index (κ1) is 25.8. The van der Waals surface area contributed by atoms with Gasteiger partial charge < -0.3 is 10.1 Å². The Morgan fingerprint density at radius 2 is 1.91 bits per heavy atom. The summed E-state index contributed by atoms with van der Waals surface area (Å²) < 4.78 is 33.0. The minimum Gasteiger partial charge on any atom is -0.466 e. The Morgan fingerprint density at radius 1 is 1.21 bits per heavy atom. The van der Waals surface area contributed by atoms with E-state index in [1.165, 1.54) is 46.8 Å². The highest BCUT2D eigenvalue weighted by Crippen LogP contribution is 2.28. The number of nitro groups is 1. The number of ether oxygens (including phenoxy) is 1. The molecule has 0 unspecified atom stereocenters. The summed E-state index contributed by atoms with van der Waals surface area (Å²) >= 11 is 3.23. The molecule has 0 saturated carbocycles. The molecule has 182 valence electrons. The zero-order valence-electron chi connectivity index (χ0n) is 18.4. The normalized spacial score (nSPS) is 15.0. The van der Waals surface area contributed by atoms with E-state index in [-0.39, 0.29) is 60.1 Å². The highest BCUT2D eigenvalue weighted by atomic mass is 79.9. The molecule has 0 atom stereocenters. The van der Waals surface area contributed by atoms with Gasteiger partial charge in [-0.3, -0.25) is 19.7 Å². The van der Waals surface area contributed by atoms with Gasteiger partial charge in [0.2, 0.25) is 10.0 Å². The van der Waals surface area contributed by atoms with Crippen LogP contribution in [0, 0.1) is 16.0 Å². The lowest BCUT2D eigenvalue weighted by molar-refractivity contribution is -0.384. The van der Waals surface area contributed by atoms with Crippen LogP contribution < -0.4 is 5.32 Å². The smallest absolute Gasteiger partial charge is 0.309 e. The highest BCUT2D eigenvalue weighted by molar-refractivity contribution is 9.10. The van der Waals surface area contributed by atoms with Crippen molar-refractivity contribution in [3.05, 3.63) is 62.6 Å². The Bertz CT molecular complexity index is 1190. The SMILES string of the molecule is CCOC(=O)C1CCN(S(=O)(=O)c2cccc(C(=O)CNc3ccc([N+](=O)[O-])cc3Br)c2)CC1. The number of hydrogen-bond acceptors (Lipinski definition) is 8. The molecule has 12 heteroatoms. The van der Waals surface area contributed by atoms with Gasteiger partial charge in [-0.1, -0.05) is 12.1 Å². The third-order valence-corrected chi connectivity index (χ3v) is 8.02. The Balaban J connectivity index is 1.66. The van der Waals surface area contributed by atoms with E-state index in [2.05, 4.69) is 21.2 Å². The number of non-ortho nitro benzene ring substituents is 1. The fraction of sp³-hybridized carbons (Fsp3) is 0.364. The number of Topliss-reactive ketones (excluding diaryl/α,β-unsaturated/α-hetero) is 1. The molecule has 1 fully saturated rings. The molecule has 1 aliphatic heterocycles. The fourth-order valence-electron chi connectivity index (χ4n) is 3.61. The van der Waals surface area contributed by atoms with Gasteiger partial charge >= 0.3 is 5.97 Å². The maximum Gasteiger partial charge on any atom is 0.309 e. The van der Waals surface area contributed by atoms with E-state index in [9.17, 15) is 28.1 Å². The summed E-state index contributed by atoms with van der Waals surface area (Å²) in [4.78, 5) is 34.9. The van der Waals surface area contributed by atoms with Crippen LogP contribution in [0.2, 0.25) is 0 Å². The summed E-state index contributed by atoms with van der Waals surface area (Å²) in [6.45, 7) is 2.27. The first-order valence-corrected chi connectivity index (χ1v) is 12.8. The van der Waals surface area contributed by atoms with E-state index in [4.69, 9.17) is 4.74 Å². The van der Waals surface area contributed by atoms with Crippen LogP contribution in [-0.2, 0) is 19.6 Å². The van der Waals surface area contributed by atoms with Gasteiger partial charge in [0.25, 0.3) is 5.69 Å². The molecule has 1 N–H and O–H groups in total. The molecule has 0 amide bonds. The minimum absolute atomic E-state index is 0.00412. The molecule has 0 aliphatic carbocycles. The van der Waals surface area contributed by atoms with E-state index >= 15 is 0 Å². The van der Waals surface area contributed by atoms with E-state index in [0.29, 0.717) is 23.0 Å². The van der Waals surface area contributed by atoms with Crippen LogP contribution in [0.5, 0.6) is 0 Å². The number of hydrogen-bond donors (Lipinski definition) is 1. The van der Waals surface area contributed by atoms with E-state index in [0.717, 1.165) is 0 Å². The number of ketones is 1. The number of anilines is 1. The topological polar surface area (TPSA) is 136 Å². The van der Waals surface area contributed by atoms with E-state index < -0.39 is 14.9 Å².